The number of nitrogen functional groups attached to an aromatic ring is 1. The predicted molar refractivity (Wildman–Crippen MR) is 72.3 cm³/mol. The van der Waals surface area contributed by atoms with Crippen molar-refractivity contribution >= 4 is 5.69 Å². The molecule has 0 aliphatic heterocycles. The number of rotatable bonds is 2. The number of ether oxygens (including phenoxy) is 1. The van der Waals surface area contributed by atoms with E-state index in [4.69, 9.17) is 10.5 Å². The summed E-state index contributed by atoms with van der Waals surface area (Å²) in [4.78, 5) is 0. The monoisotopic (exact) mass is 261 g/mol. The standard InChI is InChI=1S/C16H20FNO/c17-14-8-13(18)1-2-15(14)19-16-11-4-9-3-10(6-11)7-12(16)5-9/h1-2,8-12,16H,3-7,18H2. The van der Waals surface area contributed by atoms with Crippen molar-refractivity contribution in [3.05, 3.63) is 24.0 Å². The molecule has 5 rings (SSSR count). The van der Waals surface area contributed by atoms with E-state index in [2.05, 4.69) is 0 Å². The van der Waals surface area contributed by atoms with E-state index < -0.39 is 0 Å². The fraction of sp³-hybridized carbons (Fsp3) is 0.625. The van der Waals surface area contributed by atoms with Crippen LogP contribution < -0.4 is 10.5 Å². The second-order valence-electron chi connectivity index (χ2n) is 6.70. The van der Waals surface area contributed by atoms with E-state index in [-0.39, 0.29) is 11.9 Å². The van der Waals surface area contributed by atoms with Crippen molar-refractivity contribution in [2.45, 2.75) is 38.2 Å². The van der Waals surface area contributed by atoms with E-state index in [1.807, 2.05) is 0 Å². The largest absolute Gasteiger partial charge is 0.487 e. The minimum absolute atomic E-state index is 0.228. The zero-order valence-electron chi connectivity index (χ0n) is 11.0. The van der Waals surface area contributed by atoms with Crippen LogP contribution in [0.1, 0.15) is 32.1 Å². The van der Waals surface area contributed by atoms with Crippen molar-refractivity contribution in [2.75, 3.05) is 5.73 Å². The van der Waals surface area contributed by atoms with Gasteiger partial charge in [-0.1, -0.05) is 0 Å². The summed E-state index contributed by atoms with van der Waals surface area (Å²) in [5.41, 5.74) is 6.03. The van der Waals surface area contributed by atoms with Crippen LogP contribution in [-0.2, 0) is 0 Å². The van der Waals surface area contributed by atoms with Crippen LogP contribution in [0.4, 0.5) is 10.1 Å². The van der Waals surface area contributed by atoms with E-state index >= 15 is 0 Å². The van der Waals surface area contributed by atoms with Crippen LogP contribution in [0.3, 0.4) is 0 Å². The Balaban J connectivity index is 1.56. The average molecular weight is 261 g/mol. The third-order valence-electron chi connectivity index (χ3n) is 5.36. The van der Waals surface area contributed by atoms with Crippen LogP contribution in [0.15, 0.2) is 18.2 Å². The predicted octanol–water partition coefficient (Wildman–Crippen LogP) is 3.61. The lowest BCUT2D eigenvalue weighted by Crippen LogP contribution is -2.50. The Labute approximate surface area is 113 Å². The van der Waals surface area contributed by atoms with Gasteiger partial charge in [0.1, 0.15) is 6.10 Å². The van der Waals surface area contributed by atoms with Crippen LogP contribution in [0.5, 0.6) is 5.75 Å². The number of hydrogen-bond acceptors (Lipinski definition) is 2. The van der Waals surface area contributed by atoms with E-state index in [0.29, 0.717) is 23.3 Å². The van der Waals surface area contributed by atoms with Gasteiger partial charge in [0.15, 0.2) is 11.6 Å². The molecule has 4 aliphatic carbocycles. The maximum absolute atomic E-state index is 13.9. The van der Waals surface area contributed by atoms with E-state index in [0.717, 1.165) is 11.8 Å². The fourth-order valence-corrected chi connectivity index (χ4v) is 4.83. The molecule has 19 heavy (non-hydrogen) atoms. The van der Waals surface area contributed by atoms with Crippen LogP contribution in [0, 0.1) is 29.5 Å². The highest BCUT2D eigenvalue weighted by molar-refractivity contribution is 5.42. The molecule has 0 unspecified atom stereocenters. The first-order valence-electron chi connectivity index (χ1n) is 7.40. The number of benzene rings is 1. The van der Waals surface area contributed by atoms with Crippen LogP contribution >= 0.6 is 0 Å². The molecule has 2 nitrogen and oxygen atoms in total. The Bertz CT molecular complexity index is 474. The number of anilines is 1. The van der Waals surface area contributed by atoms with Gasteiger partial charge in [0, 0.05) is 11.8 Å². The Morgan fingerprint density at radius 3 is 2.21 bits per heavy atom. The SMILES string of the molecule is Nc1ccc(OC2C3CC4CC(C3)CC2C4)c(F)c1. The molecule has 0 aromatic heterocycles. The lowest BCUT2D eigenvalue weighted by molar-refractivity contribution is -0.0800. The molecule has 4 saturated carbocycles. The molecular formula is C16H20FNO. The lowest BCUT2D eigenvalue weighted by Gasteiger charge is -2.53. The molecule has 3 heteroatoms. The van der Waals surface area contributed by atoms with Gasteiger partial charge in [-0.05, 0) is 67.9 Å². The van der Waals surface area contributed by atoms with Crippen LogP contribution in [-0.4, -0.2) is 6.10 Å². The summed E-state index contributed by atoms with van der Waals surface area (Å²) in [6, 6.07) is 4.75. The quantitative estimate of drug-likeness (QED) is 0.825. The molecule has 0 saturated heterocycles. The van der Waals surface area contributed by atoms with Crippen LogP contribution in [0.2, 0.25) is 0 Å². The topological polar surface area (TPSA) is 35.2 Å². The highest BCUT2D eigenvalue weighted by Gasteiger charge is 2.49. The molecule has 2 N–H and O–H groups in total. The van der Waals surface area contributed by atoms with Crippen LogP contribution in [0.25, 0.3) is 0 Å². The summed E-state index contributed by atoms with van der Waals surface area (Å²) < 4.78 is 19.9. The first-order valence-corrected chi connectivity index (χ1v) is 7.40. The Hall–Kier alpha value is -1.25. The third-order valence-corrected chi connectivity index (χ3v) is 5.36. The van der Waals surface area contributed by atoms with Gasteiger partial charge in [0.05, 0.1) is 0 Å². The fourth-order valence-electron chi connectivity index (χ4n) is 4.83. The first kappa shape index (κ1) is 11.6. The van der Waals surface area contributed by atoms with Crippen molar-refractivity contribution in [3.63, 3.8) is 0 Å². The highest BCUT2D eigenvalue weighted by Crippen LogP contribution is 2.54. The normalized spacial score (nSPS) is 39.5. The lowest BCUT2D eigenvalue weighted by atomic mass is 9.55. The van der Waals surface area contributed by atoms with E-state index in [1.54, 1.807) is 12.1 Å². The molecule has 4 bridgehead atoms. The van der Waals surface area contributed by atoms with Crippen molar-refractivity contribution in [3.8, 4) is 5.75 Å². The van der Waals surface area contributed by atoms with E-state index in [1.165, 1.54) is 38.2 Å². The van der Waals surface area contributed by atoms with Crippen molar-refractivity contribution < 1.29 is 9.13 Å². The zero-order valence-corrected chi connectivity index (χ0v) is 11.0. The molecular weight excluding hydrogens is 241 g/mol. The molecule has 0 spiro atoms. The maximum atomic E-state index is 13.9. The summed E-state index contributed by atoms with van der Waals surface area (Å²) in [7, 11) is 0. The Morgan fingerprint density at radius 1 is 1.00 bits per heavy atom. The molecule has 0 amide bonds. The van der Waals surface area contributed by atoms with Crippen molar-refractivity contribution in [1.82, 2.24) is 0 Å². The number of halogens is 1. The number of nitrogens with two attached hydrogens (primary N) is 1. The van der Waals surface area contributed by atoms with Gasteiger partial charge < -0.3 is 10.5 Å². The van der Waals surface area contributed by atoms with Gasteiger partial charge in [-0.15, -0.1) is 0 Å². The summed E-state index contributed by atoms with van der Waals surface area (Å²) in [6.45, 7) is 0. The molecule has 4 aliphatic rings. The smallest absolute Gasteiger partial charge is 0.167 e. The van der Waals surface area contributed by atoms with Gasteiger partial charge in [0.25, 0.3) is 0 Å². The molecule has 1 aromatic rings. The molecule has 0 radical (unpaired) electrons. The summed E-state index contributed by atoms with van der Waals surface area (Å²) in [5.74, 6) is 3.18. The summed E-state index contributed by atoms with van der Waals surface area (Å²) in [5, 5.41) is 0. The Morgan fingerprint density at radius 2 is 1.63 bits per heavy atom. The molecule has 0 heterocycles. The van der Waals surface area contributed by atoms with Gasteiger partial charge in [-0.3, -0.25) is 0 Å². The minimum atomic E-state index is -0.325. The van der Waals surface area contributed by atoms with Gasteiger partial charge in [0.2, 0.25) is 0 Å². The van der Waals surface area contributed by atoms with E-state index in [9.17, 15) is 4.39 Å². The minimum Gasteiger partial charge on any atom is -0.487 e. The van der Waals surface area contributed by atoms with Gasteiger partial charge in [-0.25, -0.2) is 4.39 Å². The van der Waals surface area contributed by atoms with Crippen molar-refractivity contribution in [1.29, 1.82) is 0 Å². The van der Waals surface area contributed by atoms with Crippen molar-refractivity contribution in [2.24, 2.45) is 23.7 Å². The highest BCUT2D eigenvalue weighted by atomic mass is 19.1. The average Bonchev–Trinajstić information content (AvgIpc) is 2.35. The summed E-state index contributed by atoms with van der Waals surface area (Å²) >= 11 is 0. The molecule has 0 atom stereocenters. The maximum Gasteiger partial charge on any atom is 0.167 e. The first-order chi connectivity index (χ1) is 9.19. The van der Waals surface area contributed by atoms with Gasteiger partial charge in [-0.2, -0.15) is 0 Å². The summed E-state index contributed by atoms with van der Waals surface area (Å²) in [6.07, 6.45) is 6.80. The Kier molecular flexibility index (Phi) is 2.51. The second-order valence-corrected chi connectivity index (χ2v) is 6.70. The second kappa shape index (κ2) is 4.12. The molecule has 1 aromatic carbocycles. The molecule has 102 valence electrons. The zero-order chi connectivity index (χ0) is 13.0. The van der Waals surface area contributed by atoms with Gasteiger partial charge >= 0.3 is 0 Å². The third kappa shape index (κ3) is 1.90. The molecule has 4 fully saturated rings. The number of hydrogen-bond donors (Lipinski definition) is 1.